The van der Waals surface area contributed by atoms with E-state index in [4.69, 9.17) is 29.6 Å². The number of nitrogens with two attached hydrogens (primary N) is 1. The molecule has 1 aromatic rings. The first-order chi connectivity index (χ1) is 8.99. The average molecular weight is 300 g/mol. The van der Waals surface area contributed by atoms with Gasteiger partial charge in [-0.3, -0.25) is 4.90 Å². The van der Waals surface area contributed by atoms with Crippen molar-refractivity contribution < 1.29 is 5.11 Å². The van der Waals surface area contributed by atoms with Crippen molar-refractivity contribution in [3.8, 4) is 5.75 Å². The number of likely N-dealkylation sites (N-methyl/N-ethyl adjacent to an activating group) is 1. The number of phenols is 1. The number of hydrogen-bond donors (Lipinski definition) is 2. The van der Waals surface area contributed by atoms with Crippen molar-refractivity contribution >= 4 is 28.8 Å². The Morgan fingerprint density at radius 1 is 1.37 bits per heavy atom. The van der Waals surface area contributed by atoms with Crippen molar-refractivity contribution in [3.63, 3.8) is 0 Å². The zero-order chi connectivity index (χ0) is 14.0. The first-order valence-corrected chi connectivity index (χ1v) is 6.98. The molecule has 1 heterocycles. The van der Waals surface area contributed by atoms with Gasteiger partial charge in [-0.25, -0.2) is 0 Å². The summed E-state index contributed by atoms with van der Waals surface area (Å²) in [7, 11) is 2.09. The second kappa shape index (κ2) is 6.05. The molecule has 104 valence electrons. The standard InChI is InChI=1S/C13H18ClN3OS/c1-16-4-6-17(7-5-16)12(13(15)19)10-8-9(14)2-3-11(10)18/h2-3,8,12,18H,4-7H2,1H3,(H2,15,19). The first kappa shape index (κ1) is 14.5. The summed E-state index contributed by atoms with van der Waals surface area (Å²) in [5.41, 5.74) is 6.56. The van der Waals surface area contributed by atoms with E-state index in [1.54, 1.807) is 18.2 Å². The molecule has 1 saturated heterocycles. The van der Waals surface area contributed by atoms with Crippen molar-refractivity contribution in [3.05, 3.63) is 28.8 Å². The number of hydrogen-bond acceptors (Lipinski definition) is 4. The molecule has 4 nitrogen and oxygen atoms in total. The highest BCUT2D eigenvalue weighted by atomic mass is 35.5. The Labute approximate surface area is 123 Å². The van der Waals surface area contributed by atoms with Crippen LogP contribution in [0.2, 0.25) is 5.02 Å². The molecule has 19 heavy (non-hydrogen) atoms. The molecule has 0 saturated carbocycles. The fourth-order valence-electron chi connectivity index (χ4n) is 2.35. The minimum atomic E-state index is -0.262. The largest absolute Gasteiger partial charge is 0.508 e. The van der Waals surface area contributed by atoms with Gasteiger partial charge in [0.1, 0.15) is 5.75 Å². The van der Waals surface area contributed by atoms with Gasteiger partial charge in [-0.05, 0) is 25.2 Å². The molecule has 6 heteroatoms. The summed E-state index contributed by atoms with van der Waals surface area (Å²) < 4.78 is 0. The molecular formula is C13H18ClN3OS. The monoisotopic (exact) mass is 299 g/mol. The van der Waals surface area contributed by atoms with Gasteiger partial charge >= 0.3 is 0 Å². The molecule has 2 rings (SSSR count). The zero-order valence-corrected chi connectivity index (χ0v) is 12.4. The van der Waals surface area contributed by atoms with Gasteiger partial charge in [0.2, 0.25) is 0 Å². The van der Waals surface area contributed by atoms with Crippen LogP contribution in [0, 0.1) is 0 Å². The Kier molecular flexibility index (Phi) is 4.62. The van der Waals surface area contributed by atoms with Gasteiger partial charge in [-0.2, -0.15) is 0 Å². The minimum Gasteiger partial charge on any atom is -0.508 e. The summed E-state index contributed by atoms with van der Waals surface area (Å²) in [6.45, 7) is 3.65. The SMILES string of the molecule is CN1CCN(C(C(N)=S)c2cc(Cl)ccc2O)CC1. The summed E-state index contributed by atoms with van der Waals surface area (Å²) in [6, 6.07) is 4.71. The molecule has 1 fully saturated rings. The number of thiocarbonyl (C=S) groups is 1. The number of phenolic OH excluding ortho intramolecular Hbond substituents is 1. The van der Waals surface area contributed by atoms with E-state index in [1.165, 1.54) is 0 Å². The van der Waals surface area contributed by atoms with E-state index in [-0.39, 0.29) is 11.8 Å². The van der Waals surface area contributed by atoms with E-state index < -0.39 is 0 Å². The number of nitrogens with zero attached hydrogens (tertiary/aromatic N) is 2. The van der Waals surface area contributed by atoms with Crippen LogP contribution in [-0.2, 0) is 0 Å². The molecule has 0 aliphatic carbocycles. The molecule has 1 aliphatic heterocycles. The summed E-state index contributed by atoms with van der Waals surface area (Å²) in [5.74, 6) is 0.182. The predicted molar refractivity (Wildman–Crippen MR) is 81.7 cm³/mol. The Bertz CT molecular complexity index is 475. The number of piperazine rings is 1. The quantitative estimate of drug-likeness (QED) is 0.831. The predicted octanol–water partition coefficient (Wildman–Crippen LogP) is 1.62. The first-order valence-electron chi connectivity index (χ1n) is 6.19. The maximum atomic E-state index is 10.0. The lowest BCUT2D eigenvalue weighted by molar-refractivity contribution is 0.136. The van der Waals surface area contributed by atoms with E-state index >= 15 is 0 Å². The van der Waals surface area contributed by atoms with Crippen molar-refractivity contribution in [2.45, 2.75) is 6.04 Å². The van der Waals surface area contributed by atoms with Crippen molar-refractivity contribution in [1.29, 1.82) is 0 Å². The van der Waals surface area contributed by atoms with Crippen molar-refractivity contribution in [2.24, 2.45) is 5.73 Å². The van der Waals surface area contributed by atoms with Crippen LogP contribution < -0.4 is 5.73 Å². The van der Waals surface area contributed by atoms with E-state index in [0.717, 1.165) is 26.2 Å². The Morgan fingerprint density at radius 3 is 2.58 bits per heavy atom. The highest BCUT2D eigenvalue weighted by molar-refractivity contribution is 7.80. The number of rotatable bonds is 3. The van der Waals surface area contributed by atoms with Gasteiger partial charge in [0.05, 0.1) is 11.0 Å². The molecule has 1 aromatic carbocycles. The van der Waals surface area contributed by atoms with Crippen LogP contribution in [0.4, 0.5) is 0 Å². The number of aromatic hydroxyl groups is 1. The van der Waals surface area contributed by atoms with Crippen LogP contribution in [0.3, 0.4) is 0 Å². The van der Waals surface area contributed by atoms with Crippen LogP contribution in [-0.4, -0.2) is 53.1 Å². The van der Waals surface area contributed by atoms with Crippen LogP contribution in [0.1, 0.15) is 11.6 Å². The Hall–Kier alpha value is -0.880. The van der Waals surface area contributed by atoms with Gasteiger partial charge in [-0.15, -0.1) is 0 Å². The minimum absolute atomic E-state index is 0.182. The highest BCUT2D eigenvalue weighted by Crippen LogP contribution is 2.32. The van der Waals surface area contributed by atoms with Crippen LogP contribution in [0.5, 0.6) is 5.75 Å². The third-order valence-corrected chi connectivity index (χ3v) is 3.92. The lowest BCUT2D eigenvalue weighted by Crippen LogP contribution is -2.48. The summed E-state index contributed by atoms with van der Waals surface area (Å²) in [5, 5.41) is 10.6. The van der Waals surface area contributed by atoms with Gasteiger partial charge < -0.3 is 15.7 Å². The molecule has 1 unspecified atom stereocenters. The van der Waals surface area contributed by atoms with E-state index in [9.17, 15) is 5.11 Å². The molecule has 1 atom stereocenters. The smallest absolute Gasteiger partial charge is 0.120 e. The third kappa shape index (κ3) is 3.36. The summed E-state index contributed by atoms with van der Waals surface area (Å²) >= 11 is 11.2. The fourth-order valence-corrected chi connectivity index (χ4v) is 2.81. The van der Waals surface area contributed by atoms with E-state index in [1.807, 2.05) is 0 Å². The lowest BCUT2D eigenvalue weighted by Gasteiger charge is -2.37. The maximum Gasteiger partial charge on any atom is 0.120 e. The molecule has 0 amide bonds. The normalized spacial score (nSPS) is 19.3. The van der Waals surface area contributed by atoms with Crippen LogP contribution in [0.25, 0.3) is 0 Å². The zero-order valence-electron chi connectivity index (χ0n) is 10.8. The number of benzene rings is 1. The van der Waals surface area contributed by atoms with Gasteiger partial charge in [0, 0.05) is 36.8 Å². The molecule has 0 radical (unpaired) electrons. The lowest BCUT2D eigenvalue weighted by atomic mass is 10.0. The second-order valence-corrected chi connectivity index (χ2v) is 5.76. The molecule has 0 bridgehead atoms. The molecular weight excluding hydrogens is 282 g/mol. The average Bonchev–Trinajstić information content (AvgIpc) is 2.36. The Balaban J connectivity index is 2.30. The Morgan fingerprint density at radius 2 is 2.00 bits per heavy atom. The van der Waals surface area contributed by atoms with Gasteiger partial charge in [0.25, 0.3) is 0 Å². The molecule has 0 aromatic heterocycles. The van der Waals surface area contributed by atoms with Gasteiger partial charge in [0.15, 0.2) is 0 Å². The van der Waals surface area contributed by atoms with Crippen LogP contribution >= 0.6 is 23.8 Å². The molecule has 1 aliphatic rings. The van der Waals surface area contributed by atoms with Crippen molar-refractivity contribution in [2.75, 3.05) is 33.2 Å². The maximum absolute atomic E-state index is 10.0. The topological polar surface area (TPSA) is 52.7 Å². The van der Waals surface area contributed by atoms with E-state index in [2.05, 4.69) is 16.8 Å². The number of halogens is 1. The fraction of sp³-hybridized carbons (Fsp3) is 0.462. The van der Waals surface area contributed by atoms with Crippen molar-refractivity contribution in [1.82, 2.24) is 9.80 Å². The van der Waals surface area contributed by atoms with Gasteiger partial charge in [-0.1, -0.05) is 23.8 Å². The third-order valence-electron chi connectivity index (χ3n) is 3.46. The van der Waals surface area contributed by atoms with E-state index in [0.29, 0.717) is 15.6 Å². The molecule has 0 spiro atoms. The second-order valence-electron chi connectivity index (χ2n) is 4.85. The molecule has 3 N–H and O–H groups in total. The highest BCUT2D eigenvalue weighted by Gasteiger charge is 2.28. The summed E-state index contributed by atoms with van der Waals surface area (Å²) in [6.07, 6.45) is 0. The summed E-state index contributed by atoms with van der Waals surface area (Å²) in [4.78, 5) is 4.81. The van der Waals surface area contributed by atoms with Crippen LogP contribution in [0.15, 0.2) is 18.2 Å².